The fraction of sp³-hybridized carbons (Fsp3) is 0.588. The first-order chi connectivity index (χ1) is 10.9. The van der Waals surface area contributed by atoms with E-state index in [0.717, 1.165) is 12.8 Å². The van der Waals surface area contributed by atoms with Gasteiger partial charge in [0, 0.05) is 25.3 Å². The van der Waals surface area contributed by atoms with Gasteiger partial charge in [-0.3, -0.25) is 9.59 Å². The summed E-state index contributed by atoms with van der Waals surface area (Å²) < 4.78 is 0. The molecule has 1 aromatic rings. The summed E-state index contributed by atoms with van der Waals surface area (Å²) in [6.07, 6.45) is 4.14. The Bertz CT molecular complexity index is 631. The number of hydrogen-bond donors (Lipinski definition) is 2. The first kappa shape index (κ1) is 15.8. The zero-order valence-electron chi connectivity index (χ0n) is 13.6. The smallest absolute Gasteiger partial charge is 0.311 e. The summed E-state index contributed by atoms with van der Waals surface area (Å²) in [5, 5.41) is 12.8. The van der Waals surface area contributed by atoms with Gasteiger partial charge in [0.1, 0.15) is 5.82 Å². The average Bonchev–Trinajstić information content (AvgIpc) is 3.04. The minimum atomic E-state index is -0.762. The second-order valence-electron chi connectivity index (χ2n) is 6.93. The Morgan fingerprint density at radius 1 is 1.48 bits per heavy atom. The van der Waals surface area contributed by atoms with Crippen molar-refractivity contribution < 1.29 is 14.7 Å². The van der Waals surface area contributed by atoms with Crippen LogP contribution in [0.2, 0.25) is 0 Å². The molecule has 0 unspecified atom stereocenters. The Labute approximate surface area is 135 Å². The number of likely N-dealkylation sites (tertiary alicyclic amines) is 1. The normalized spacial score (nSPS) is 26.4. The lowest BCUT2D eigenvalue weighted by Crippen LogP contribution is -2.37. The lowest BCUT2D eigenvalue weighted by atomic mass is 9.81. The van der Waals surface area contributed by atoms with E-state index in [2.05, 4.69) is 10.3 Å². The Morgan fingerprint density at radius 2 is 2.26 bits per heavy atom. The predicted octanol–water partition coefficient (Wildman–Crippen LogP) is 2.23. The highest BCUT2D eigenvalue weighted by molar-refractivity contribution is 5.99. The number of nitrogens with one attached hydrogen (secondary N) is 1. The number of carbonyl (C=O) groups is 2. The number of rotatable bonds is 4. The quantitative estimate of drug-likeness (QED) is 0.890. The fourth-order valence-electron chi connectivity index (χ4n) is 3.93. The van der Waals surface area contributed by atoms with Crippen molar-refractivity contribution in [3.63, 3.8) is 0 Å². The van der Waals surface area contributed by atoms with Gasteiger partial charge in [-0.2, -0.15) is 0 Å². The first-order valence-electron chi connectivity index (χ1n) is 8.18. The fourth-order valence-corrected chi connectivity index (χ4v) is 3.93. The zero-order chi connectivity index (χ0) is 16.6. The Balaban J connectivity index is 1.84. The van der Waals surface area contributed by atoms with Crippen molar-refractivity contribution in [2.24, 2.45) is 11.3 Å². The number of hydrogen-bond acceptors (Lipinski definition) is 4. The molecule has 0 bridgehead atoms. The van der Waals surface area contributed by atoms with Crippen LogP contribution in [-0.2, 0) is 4.79 Å². The van der Waals surface area contributed by atoms with Crippen molar-refractivity contribution in [2.45, 2.75) is 39.2 Å². The molecule has 0 radical (unpaired) electrons. The molecule has 1 aliphatic carbocycles. The number of carboxylic acid groups (broad SMARTS) is 1. The van der Waals surface area contributed by atoms with E-state index in [4.69, 9.17) is 0 Å². The number of carbonyl (C=O) groups excluding carboxylic acids is 1. The molecule has 2 heterocycles. The molecular formula is C17H23N3O3. The molecule has 124 valence electrons. The molecule has 0 spiro atoms. The molecule has 2 aliphatic rings. The van der Waals surface area contributed by atoms with E-state index in [1.165, 1.54) is 0 Å². The van der Waals surface area contributed by atoms with Crippen molar-refractivity contribution in [1.82, 2.24) is 9.88 Å². The van der Waals surface area contributed by atoms with Crippen LogP contribution in [0, 0.1) is 11.3 Å². The van der Waals surface area contributed by atoms with Crippen LogP contribution in [0.4, 0.5) is 5.82 Å². The second kappa shape index (κ2) is 5.83. The molecule has 2 fully saturated rings. The van der Waals surface area contributed by atoms with Gasteiger partial charge in [-0.1, -0.05) is 6.42 Å². The van der Waals surface area contributed by atoms with Gasteiger partial charge >= 0.3 is 5.97 Å². The van der Waals surface area contributed by atoms with Gasteiger partial charge in [-0.05, 0) is 44.7 Å². The van der Waals surface area contributed by atoms with E-state index < -0.39 is 11.4 Å². The number of fused-ring (bicyclic) bond motifs is 1. The standard InChI is InChI=1S/C17H23N3O3/c1-11(2)19-14-13(6-4-8-18-14)15(21)20-9-12-5-3-7-17(12,10-20)16(22)23/h4,6,8,11-12H,3,5,7,9-10H2,1-2H3,(H,18,19)(H,22,23)/t12-,17+/m0/s1. The van der Waals surface area contributed by atoms with E-state index in [-0.39, 0.29) is 17.9 Å². The summed E-state index contributed by atoms with van der Waals surface area (Å²) in [7, 11) is 0. The summed E-state index contributed by atoms with van der Waals surface area (Å²) in [5.74, 6) is -0.255. The SMILES string of the molecule is CC(C)Nc1ncccc1C(=O)N1C[C@@H]2CCC[C@@]2(C(=O)O)C1. The molecule has 1 aliphatic heterocycles. The Kier molecular flexibility index (Phi) is 4.00. The third-order valence-electron chi connectivity index (χ3n) is 5.05. The van der Waals surface area contributed by atoms with Crippen LogP contribution < -0.4 is 5.32 Å². The summed E-state index contributed by atoms with van der Waals surface area (Å²) in [4.78, 5) is 30.6. The van der Waals surface area contributed by atoms with Crippen LogP contribution in [0.1, 0.15) is 43.5 Å². The maximum atomic E-state index is 12.9. The van der Waals surface area contributed by atoms with Crippen LogP contribution in [-0.4, -0.2) is 46.0 Å². The van der Waals surface area contributed by atoms with Gasteiger partial charge in [0.25, 0.3) is 5.91 Å². The molecule has 2 atom stereocenters. The molecule has 6 heteroatoms. The highest BCUT2D eigenvalue weighted by atomic mass is 16.4. The summed E-state index contributed by atoms with van der Waals surface area (Å²) in [5.41, 5.74) is -0.231. The maximum Gasteiger partial charge on any atom is 0.311 e. The van der Waals surface area contributed by atoms with Crippen molar-refractivity contribution in [3.8, 4) is 0 Å². The van der Waals surface area contributed by atoms with Gasteiger partial charge in [0.05, 0.1) is 11.0 Å². The van der Waals surface area contributed by atoms with Crippen molar-refractivity contribution >= 4 is 17.7 Å². The Hall–Kier alpha value is -2.11. The third-order valence-corrected chi connectivity index (χ3v) is 5.05. The lowest BCUT2D eigenvalue weighted by Gasteiger charge is -2.23. The number of aromatic nitrogens is 1. The van der Waals surface area contributed by atoms with Crippen molar-refractivity contribution in [1.29, 1.82) is 0 Å². The van der Waals surface area contributed by atoms with Gasteiger partial charge < -0.3 is 15.3 Å². The molecule has 1 saturated carbocycles. The van der Waals surface area contributed by atoms with Crippen LogP contribution >= 0.6 is 0 Å². The third kappa shape index (κ3) is 2.66. The first-order valence-corrected chi connectivity index (χ1v) is 8.18. The monoisotopic (exact) mass is 317 g/mol. The second-order valence-corrected chi connectivity index (χ2v) is 6.93. The Morgan fingerprint density at radius 3 is 2.91 bits per heavy atom. The van der Waals surface area contributed by atoms with E-state index in [9.17, 15) is 14.7 Å². The maximum absolute atomic E-state index is 12.9. The van der Waals surface area contributed by atoms with E-state index in [1.54, 1.807) is 23.2 Å². The molecular weight excluding hydrogens is 294 g/mol. The molecule has 3 rings (SSSR count). The van der Waals surface area contributed by atoms with Crippen molar-refractivity contribution in [3.05, 3.63) is 23.9 Å². The van der Waals surface area contributed by atoms with Gasteiger partial charge in [0.15, 0.2) is 0 Å². The number of amides is 1. The molecule has 2 N–H and O–H groups in total. The molecule has 1 amide bonds. The van der Waals surface area contributed by atoms with E-state index in [0.29, 0.717) is 30.9 Å². The van der Waals surface area contributed by atoms with Gasteiger partial charge in [-0.15, -0.1) is 0 Å². The summed E-state index contributed by atoms with van der Waals surface area (Å²) in [6, 6.07) is 3.66. The number of nitrogens with zero attached hydrogens (tertiary/aromatic N) is 2. The number of carboxylic acids is 1. The van der Waals surface area contributed by atoms with Crippen LogP contribution in [0.15, 0.2) is 18.3 Å². The van der Waals surface area contributed by atoms with Crippen LogP contribution in [0.25, 0.3) is 0 Å². The topological polar surface area (TPSA) is 82.5 Å². The highest BCUT2D eigenvalue weighted by Gasteiger charge is 2.55. The highest BCUT2D eigenvalue weighted by Crippen LogP contribution is 2.49. The minimum absolute atomic E-state index is 0.0714. The predicted molar refractivity (Wildman–Crippen MR) is 86.3 cm³/mol. The van der Waals surface area contributed by atoms with Gasteiger partial charge in [0.2, 0.25) is 0 Å². The van der Waals surface area contributed by atoms with Crippen LogP contribution in [0.3, 0.4) is 0 Å². The van der Waals surface area contributed by atoms with Gasteiger partial charge in [-0.25, -0.2) is 4.98 Å². The number of aliphatic carboxylic acids is 1. The van der Waals surface area contributed by atoms with Crippen LogP contribution in [0.5, 0.6) is 0 Å². The lowest BCUT2D eigenvalue weighted by molar-refractivity contribution is -0.149. The summed E-state index contributed by atoms with van der Waals surface area (Å²) in [6.45, 7) is 4.81. The number of pyridine rings is 1. The van der Waals surface area contributed by atoms with E-state index in [1.807, 2.05) is 13.8 Å². The molecule has 23 heavy (non-hydrogen) atoms. The van der Waals surface area contributed by atoms with E-state index >= 15 is 0 Å². The summed E-state index contributed by atoms with van der Waals surface area (Å²) >= 11 is 0. The average molecular weight is 317 g/mol. The minimum Gasteiger partial charge on any atom is -0.481 e. The molecule has 1 aromatic heterocycles. The molecule has 1 saturated heterocycles. The van der Waals surface area contributed by atoms with Crippen molar-refractivity contribution in [2.75, 3.05) is 18.4 Å². The number of anilines is 1. The largest absolute Gasteiger partial charge is 0.481 e. The molecule has 0 aromatic carbocycles. The zero-order valence-corrected chi connectivity index (χ0v) is 13.6. The molecule has 6 nitrogen and oxygen atoms in total.